The number of carbonyl (C=O) groups excluding carboxylic acids is 3. The average Bonchev–Trinajstić information content (AvgIpc) is 3.28. The van der Waals surface area contributed by atoms with Crippen molar-refractivity contribution in [3.05, 3.63) is 83.0 Å². The van der Waals surface area contributed by atoms with Crippen molar-refractivity contribution in [3.8, 4) is 0 Å². The molecule has 0 radical (unpaired) electrons. The molecule has 1 aliphatic heterocycles. The summed E-state index contributed by atoms with van der Waals surface area (Å²) < 4.78 is 5.75. The Morgan fingerprint density at radius 3 is 2.68 bits per heavy atom. The molecule has 8 heteroatoms. The van der Waals surface area contributed by atoms with E-state index in [9.17, 15) is 14.4 Å². The number of hydrogen-bond donors (Lipinski definition) is 1. The van der Waals surface area contributed by atoms with Crippen molar-refractivity contribution in [1.82, 2.24) is 4.90 Å². The first-order valence-electron chi connectivity index (χ1n) is 9.42. The van der Waals surface area contributed by atoms with Crippen molar-refractivity contribution < 1.29 is 18.8 Å². The van der Waals surface area contributed by atoms with Crippen LogP contribution in [0, 0.1) is 6.92 Å². The lowest BCUT2D eigenvalue weighted by molar-refractivity contribution is -0.127. The molecule has 2 heterocycles. The number of thioether (sulfide) groups is 1. The molecule has 6 nitrogen and oxygen atoms in total. The molecule has 1 fully saturated rings. The first-order chi connectivity index (χ1) is 15.0. The van der Waals surface area contributed by atoms with Gasteiger partial charge in [-0.15, -0.1) is 0 Å². The minimum absolute atomic E-state index is 0.221. The molecule has 1 N–H and O–H groups in total. The van der Waals surface area contributed by atoms with E-state index in [-0.39, 0.29) is 11.4 Å². The molecule has 0 atom stereocenters. The Kier molecular flexibility index (Phi) is 6.29. The van der Waals surface area contributed by atoms with E-state index in [0.717, 1.165) is 27.1 Å². The van der Waals surface area contributed by atoms with Crippen molar-refractivity contribution >= 4 is 52.3 Å². The Bertz CT molecular complexity index is 1170. The molecule has 2 aromatic carbocycles. The number of rotatable bonds is 6. The largest absolute Gasteiger partial charge is 0.450 e. The molecule has 31 heavy (non-hydrogen) atoms. The summed E-state index contributed by atoms with van der Waals surface area (Å²) in [6, 6.07) is 20.6. The summed E-state index contributed by atoms with van der Waals surface area (Å²) in [6.45, 7) is 1.57. The molecule has 4 rings (SSSR count). The number of amides is 3. The number of carbonyl (C=O) groups is 3. The van der Waals surface area contributed by atoms with E-state index in [1.165, 1.54) is 17.8 Å². The lowest BCUT2D eigenvalue weighted by atomic mass is 10.2. The summed E-state index contributed by atoms with van der Waals surface area (Å²) in [5, 5.41) is 2.90. The van der Waals surface area contributed by atoms with E-state index in [4.69, 9.17) is 4.42 Å². The van der Waals surface area contributed by atoms with Crippen LogP contribution in [0.4, 0.5) is 10.5 Å². The lowest BCUT2D eigenvalue weighted by Crippen LogP contribution is -2.36. The molecule has 0 aliphatic carbocycles. The van der Waals surface area contributed by atoms with E-state index in [1.807, 2.05) is 61.5 Å². The van der Waals surface area contributed by atoms with Gasteiger partial charge in [-0.25, -0.2) is 0 Å². The Morgan fingerprint density at radius 2 is 1.90 bits per heavy atom. The Labute approximate surface area is 187 Å². The first-order valence-corrected chi connectivity index (χ1v) is 11.1. The molecule has 3 aromatic rings. The Morgan fingerprint density at radius 1 is 1.10 bits per heavy atom. The third-order valence-corrected chi connectivity index (χ3v) is 6.15. The average molecular weight is 451 g/mol. The summed E-state index contributed by atoms with van der Waals surface area (Å²) >= 11 is 2.25. The highest BCUT2D eigenvalue weighted by Crippen LogP contribution is 2.34. The summed E-state index contributed by atoms with van der Waals surface area (Å²) in [7, 11) is 0. The molecule has 3 amide bonds. The maximum Gasteiger partial charge on any atom is 0.294 e. The topological polar surface area (TPSA) is 79.6 Å². The van der Waals surface area contributed by atoms with E-state index in [2.05, 4.69) is 5.32 Å². The number of nitrogens with zero attached hydrogens (tertiary/aromatic N) is 1. The molecule has 1 saturated heterocycles. The van der Waals surface area contributed by atoms with Crippen LogP contribution in [0.1, 0.15) is 11.3 Å². The van der Waals surface area contributed by atoms with Gasteiger partial charge in [0, 0.05) is 16.7 Å². The van der Waals surface area contributed by atoms with Crippen LogP contribution in [0.3, 0.4) is 0 Å². The van der Waals surface area contributed by atoms with Gasteiger partial charge in [0.2, 0.25) is 5.91 Å². The first kappa shape index (κ1) is 21.0. The zero-order valence-corrected chi connectivity index (χ0v) is 18.2. The van der Waals surface area contributed by atoms with Gasteiger partial charge in [0.15, 0.2) is 5.09 Å². The number of hydrogen-bond acceptors (Lipinski definition) is 6. The van der Waals surface area contributed by atoms with Crippen LogP contribution in [0.2, 0.25) is 0 Å². The van der Waals surface area contributed by atoms with Crippen molar-refractivity contribution in [2.45, 2.75) is 16.9 Å². The van der Waals surface area contributed by atoms with Crippen molar-refractivity contribution in [1.29, 1.82) is 0 Å². The number of benzene rings is 2. The van der Waals surface area contributed by atoms with Crippen LogP contribution in [-0.2, 0) is 9.59 Å². The second-order valence-corrected chi connectivity index (χ2v) is 8.83. The van der Waals surface area contributed by atoms with Crippen LogP contribution >= 0.6 is 23.5 Å². The van der Waals surface area contributed by atoms with Crippen LogP contribution in [0.25, 0.3) is 6.08 Å². The van der Waals surface area contributed by atoms with Crippen molar-refractivity contribution in [3.63, 3.8) is 0 Å². The fourth-order valence-electron chi connectivity index (χ4n) is 2.90. The number of aryl methyl sites for hydroxylation is 1. The van der Waals surface area contributed by atoms with Gasteiger partial charge in [0.05, 0.1) is 4.91 Å². The fourth-order valence-corrected chi connectivity index (χ4v) is 4.52. The van der Waals surface area contributed by atoms with Gasteiger partial charge in [0.1, 0.15) is 12.3 Å². The van der Waals surface area contributed by atoms with E-state index >= 15 is 0 Å². The minimum Gasteiger partial charge on any atom is -0.450 e. The zero-order valence-electron chi connectivity index (χ0n) is 16.5. The van der Waals surface area contributed by atoms with Crippen molar-refractivity contribution in [2.24, 2.45) is 0 Å². The molecule has 1 aliphatic rings. The molecular weight excluding hydrogens is 432 g/mol. The van der Waals surface area contributed by atoms with Gasteiger partial charge in [-0.05, 0) is 60.6 Å². The normalized spacial score (nSPS) is 15.0. The van der Waals surface area contributed by atoms with Gasteiger partial charge < -0.3 is 9.73 Å². The summed E-state index contributed by atoms with van der Waals surface area (Å²) in [5.74, 6) is -0.482. The summed E-state index contributed by atoms with van der Waals surface area (Å²) in [6.07, 6.45) is 1.53. The highest BCUT2D eigenvalue weighted by atomic mass is 32.2. The van der Waals surface area contributed by atoms with Gasteiger partial charge in [-0.2, -0.15) is 0 Å². The quantitative estimate of drug-likeness (QED) is 0.506. The van der Waals surface area contributed by atoms with Crippen LogP contribution in [-0.4, -0.2) is 28.5 Å². The third-order valence-electron chi connectivity index (χ3n) is 4.31. The number of furan rings is 1. The number of nitrogens with one attached hydrogen (secondary N) is 1. The highest BCUT2D eigenvalue weighted by Gasteiger charge is 2.36. The van der Waals surface area contributed by atoms with Crippen LogP contribution < -0.4 is 5.32 Å². The summed E-state index contributed by atoms with van der Waals surface area (Å²) in [4.78, 5) is 39.4. The number of imide groups is 1. The molecule has 1 aromatic heterocycles. The van der Waals surface area contributed by atoms with Gasteiger partial charge in [-0.3, -0.25) is 19.3 Å². The monoisotopic (exact) mass is 450 g/mol. The predicted molar refractivity (Wildman–Crippen MR) is 122 cm³/mol. The Hall–Kier alpha value is -3.23. The van der Waals surface area contributed by atoms with Crippen LogP contribution in [0.15, 0.2) is 86.0 Å². The molecule has 0 unspecified atom stereocenters. The molecule has 0 spiro atoms. The SMILES string of the molecule is Cc1cccc(NC(=O)CN2C(=O)S/C(=C/c3ccc(Sc4ccccc4)o3)C2=O)c1. The predicted octanol–water partition coefficient (Wildman–Crippen LogP) is 5.41. The maximum absolute atomic E-state index is 12.6. The van der Waals surface area contributed by atoms with Gasteiger partial charge in [-0.1, -0.05) is 42.1 Å². The van der Waals surface area contributed by atoms with Crippen molar-refractivity contribution in [2.75, 3.05) is 11.9 Å². The van der Waals surface area contributed by atoms with E-state index < -0.39 is 17.1 Å². The zero-order chi connectivity index (χ0) is 21.8. The fraction of sp³-hybridized carbons (Fsp3) is 0.0870. The molecule has 156 valence electrons. The molecular formula is C23H18N2O4S2. The maximum atomic E-state index is 12.6. The van der Waals surface area contributed by atoms with Crippen LogP contribution in [0.5, 0.6) is 0 Å². The molecule has 0 saturated carbocycles. The van der Waals surface area contributed by atoms with E-state index in [0.29, 0.717) is 16.5 Å². The standard InChI is InChI=1S/C23H18N2O4S2/c1-15-6-5-7-16(12-15)24-20(26)14-25-22(27)19(31-23(25)28)13-17-10-11-21(29-17)30-18-8-3-2-4-9-18/h2-13H,14H2,1H3,(H,24,26)/b19-13+. The minimum atomic E-state index is -0.511. The Balaban J connectivity index is 1.41. The third kappa shape index (κ3) is 5.28. The van der Waals surface area contributed by atoms with E-state index in [1.54, 1.807) is 12.1 Å². The highest BCUT2D eigenvalue weighted by molar-refractivity contribution is 8.18. The smallest absolute Gasteiger partial charge is 0.294 e. The van der Waals surface area contributed by atoms with Gasteiger partial charge >= 0.3 is 0 Å². The lowest BCUT2D eigenvalue weighted by Gasteiger charge is -2.12. The number of anilines is 1. The summed E-state index contributed by atoms with van der Waals surface area (Å²) in [5.41, 5.74) is 1.61. The van der Waals surface area contributed by atoms with Gasteiger partial charge in [0.25, 0.3) is 11.1 Å². The second kappa shape index (κ2) is 9.28. The second-order valence-electron chi connectivity index (χ2n) is 6.76. The molecule has 0 bridgehead atoms.